The highest BCUT2D eigenvalue weighted by molar-refractivity contribution is 5.54. The number of halogens is 2. The third kappa shape index (κ3) is 2.15. The summed E-state index contributed by atoms with van der Waals surface area (Å²) >= 11 is 0. The molecule has 0 atom stereocenters. The van der Waals surface area contributed by atoms with E-state index in [0.29, 0.717) is 6.07 Å². The first-order valence-electron chi connectivity index (χ1n) is 3.89. The van der Waals surface area contributed by atoms with Crippen molar-refractivity contribution in [3.05, 3.63) is 27.4 Å². The molecule has 15 heavy (non-hydrogen) atoms. The molecule has 0 spiro atoms. The van der Waals surface area contributed by atoms with E-state index in [1.165, 1.54) is 0 Å². The molecule has 6 nitrogen and oxygen atoms in total. The predicted molar refractivity (Wildman–Crippen MR) is 48.2 cm³/mol. The standard InChI is InChI=1S/C7H8F2N4O2/c8-6(9)4-1-5(13(14)15)3(2-10)7(11)12-4/h1,6H,2,10H2,(H2,11,12). The van der Waals surface area contributed by atoms with Crippen molar-refractivity contribution in [1.82, 2.24) is 4.98 Å². The highest BCUT2D eigenvalue weighted by Crippen LogP contribution is 2.27. The monoisotopic (exact) mass is 218 g/mol. The normalized spacial score (nSPS) is 10.7. The number of pyridine rings is 1. The van der Waals surface area contributed by atoms with Gasteiger partial charge in [0.2, 0.25) is 0 Å². The molecule has 8 heteroatoms. The second-order valence-electron chi connectivity index (χ2n) is 2.69. The smallest absolute Gasteiger partial charge is 0.280 e. The van der Waals surface area contributed by atoms with E-state index in [1.807, 2.05) is 0 Å². The summed E-state index contributed by atoms with van der Waals surface area (Å²) in [6.45, 7) is -0.224. The molecule has 0 aliphatic carbocycles. The zero-order valence-corrected chi connectivity index (χ0v) is 7.48. The van der Waals surface area contributed by atoms with E-state index >= 15 is 0 Å². The van der Waals surface area contributed by atoms with Crippen LogP contribution in [0.15, 0.2) is 6.07 Å². The summed E-state index contributed by atoms with van der Waals surface area (Å²) in [7, 11) is 0. The number of aromatic nitrogens is 1. The van der Waals surface area contributed by atoms with Crippen LogP contribution in [0.4, 0.5) is 20.3 Å². The lowest BCUT2D eigenvalue weighted by Gasteiger charge is -2.06. The largest absolute Gasteiger partial charge is 0.383 e. The van der Waals surface area contributed by atoms with Gasteiger partial charge in [0.05, 0.1) is 10.5 Å². The fraction of sp³-hybridized carbons (Fsp3) is 0.286. The van der Waals surface area contributed by atoms with Crippen LogP contribution in [0.1, 0.15) is 17.7 Å². The van der Waals surface area contributed by atoms with Crippen LogP contribution in [0, 0.1) is 10.1 Å². The summed E-state index contributed by atoms with van der Waals surface area (Å²) in [5.74, 6) is -0.331. The lowest BCUT2D eigenvalue weighted by atomic mass is 10.2. The number of nitrogen functional groups attached to an aromatic ring is 1. The maximum absolute atomic E-state index is 12.3. The Morgan fingerprint density at radius 2 is 2.20 bits per heavy atom. The molecule has 4 N–H and O–H groups in total. The van der Waals surface area contributed by atoms with Gasteiger partial charge in [-0.3, -0.25) is 10.1 Å². The third-order valence-corrected chi connectivity index (χ3v) is 1.78. The van der Waals surface area contributed by atoms with Gasteiger partial charge in [-0.05, 0) is 0 Å². The zero-order chi connectivity index (χ0) is 11.6. The fourth-order valence-corrected chi connectivity index (χ4v) is 1.08. The molecule has 1 aromatic rings. The minimum absolute atomic E-state index is 0.0376. The van der Waals surface area contributed by atoms with Gasteiger partial charge in [-0.2, -0.15) is 0 Å². The summed E-state index contributed by atoms with van der Waals surface area (Å²) in [6.07, 6.45) is -2.90. The third-order valence-electron chi connectivity index (χ3n) is 1.78. The molecular formula is C7H8F2N4O2. The van der Waals surface area contributed by atoms with Crippen molar-refractivity contribution < 1.29 is 13.7 Å². The van der Waals surface area contributed by atoms with Crippen LogP contribution in [0.5, 0.6) is 0 Å². The molecule has 0 aliphatic rings. The Hall–Kier alpha value is -1.83. The zero-order valence-electron chi connectivity index (χ0n) is 7.48. The molecule has 0 aliphatic heterocycles. The number of nitro groups is 1. The number of alkyl halides is 2. The van der Waals surface area contributed by atoms with Gasteiger partial charge in [0.25, 0.3) is 12.1 Å². The number of rotatable bonds is 3. The molecular weight excluding hydrogens is 210 g/mol. The number of hydrogen-bond acceptors (Lipinski definition) is 5. The fourth-order valence-electron chi connectivity index (χ4n) is 1.08. The summed E-state index contributed by atoms with van der Waals surface area (Å²) < 4.78 is 24.5. The lowest BCUT2D eigenvalue weighted by Crippen LogP contribution is -2.09. The first-order chi connectivity index (χ1) is 6.97. The van der Waals surface area contributed by atoms with Crippen LogP contribution < -0.4 is 11.5 Å². The van der Waals surface area contributed by atoms with Crippen LogP contribution in [0.25, 0.3) is 0 Å². The molecule has 0 aromatic carbocycles. The molecule has 0 radical (unpaired) electrons. The minimum atomic E-state index is -2.90. The van der Waals surface area contributed by atoms with Gasteiger partial charge in [0.15, 0.2) is 0 Å². The molecule has 0 bridgehead atoms. The molecule has 82 valence electrons. The Labute approximate surface area is 83.0 Å². The SMILES string of the molecule is NCc1c([N+](=O)[O-])cc(C(F)F)nc1N. The van der Waals surface area contributed by atoms with Crippen molar-refractivity contribution in [3.8, 4) is 0 Å². The van der Waals surface area contributed by atoms with E-state index in [1.54, 1.807) is 0 Å². The minimum Gasteiger partial charge on any atom is -0.383 e. The van der Waals surface area contributed by atoms with Crippen LogP contribution >= 0.6 is 0 Å². The van der Waals surface area contributed by atoms with Gasteiger partial charge in [-0.1, -0.05) is 0 Å². The Kier molecular flexibility index (Phi) is 3.10. The first-order valence-corrected chi connectivity index (χ1v) is 3.89. The molecule has 0 fully saturated rings. The van der Waals surface area contributed by atoms with Crippen molar-refractivity contribution in [3.63, 3.8) is 0 Å². The van der Waals surface area contributed by atoms with Gasteiger partial charge in [-0.25, -0.2) is 13.8 Å². The van der Waals surface area contributed by atoms with Gasteiger partial charge >= 0.3 is 0 Å². The van der Waals surface area contributed by atoms with Crippen LogP contribution in [0.3, 0.4) is 0 Å². The van der Waals surface area contributed by atoms with E-state index in [-0.39, 0.29) is 17.9 Å². The Morgan fingerprint density at radius 1 is 1.60 bits per heavy atom. The van der Waals surface area contributed by atoms with E-state index in [2.05, 4.69) is 4.98 Å². The molecule has 1 aromatic heterocycles. The molecule has 0 unspecified atom stereocenters. The highest BCUT2D eigenvalue weighted by atomic mass is 19.3. The first kappa shape index (κ1) is 11.2. The molecule has 0 saturated carbocycles. The topological polar surface area (TPSA) is 108 Å². The van der Waals surface area contributed by atoms with E-state index < -0.39 is 22.7 Å². The van der Waals surface area contributed by atoms with Crippen molar-refractivity contribution in [1.29, 1.82) is 0 Å². The summed E-state index contributed by atoms with van der Waals surface area (Å²) in [5.41, 5.74) is 9.19. The van der Waals surface area contributed by atoms with Crippen molar-refractivity contribution in [2.24, 2.45) is 5.73 Å². The maximum Gasteiger partial charge on any atom is 0.280 e. The highest BCUT2D eigenvalue weighted by Gasteiger charge is 2.21. The summed E-state index contributed by atoms with van der Waals surface area (Å²) in [6, 6.07) is 0.684. The van der Waals surface area contributed by atoms with Crippen LogP contribution in [-0.4, -0.2) is 9.91 Å². The average molecular weight is 218 g/mol. The van der Waals surface area contributed by atoms with Crippen molar-refractivity contribution in [2.75, 3.05) is 5.73 Å². The number of hydrogen-bond donors (Lipinski definition) is 2. The Morgan fingerprint density at radius 3 is 2.60 bits per heavy atom. The van der Waals surface area contributed by atoms with E-state index in [0.717, 1.165) is 0 Å². The van der Waals surface area contributed by atoms with Gasteiger partial charge in [-0.15, -0.1) is 0 Å². The number of nitrogens with zero attached hydrogens (tertiary/aromatic N) is 2. The predicted octanol–water partition coefficient (Wildman–Crippen LogP) is 0.968. The number of anilines is 1. The van der Waals surface area contributed by atoms with Gasteiger partial charge in [0, 0.05) is 12.6 Å². The van der Waals surface area contributed by atoms with Crippen molar-refractivity contribution >= 4 is 11.5 Å². The quantitative estimate of drug-likeness (QED) is 0.580. The van der Waals surface area contributed by atoms with E-state index in [9.17, 15) is 18.9 Å². The molecule has 1 heterocycles. The van der Waals surface area contributed by atoms with E-state index in [4.69, 9.17) is 11.5 Å². The molecule has 0 amide bonds. The second-order valence-corrected chi connectivity index (χ2v) is 2.69. The Balaban J connectivity index is 3.38. The maximum atomic E-state index is 12.3. The van der Waals surface area contributed by atoms with Crippen molar-refractivity contribution in [2.45, 2.75) is 13.0 Å². The molecule has 0 saturated heterocycles. The second kappa shape index (κ2) is 4.13. The van der Waals surface area contributed by atoms with Gasteiger partial charge in [0.1, 0.15) is 11.5 Å². The summed E-state index contributed by atoms with van der Waals surface area (Å²) in [5, 5.41) is 10.5. The molecule has 1 rings (SSSR count). The lowest BCUT2D eigenvalue weighted by molar-refractivity contribution is -0.385. The Bertz CT molecular complexity index is 397. The van der Waals surface area contributed by atoms with Crippen LogP contribution in [0.2, 0.25) is 0 Å². The summed E-state index contributed by atoms with van der Waals surface area (Å²) in [4.78, 5) is 13.0. The number of nitrogens with two attached hydrogens (primary N) is 2. The van der Waals surface area contributed by atoms with Crippen LogP contribution in [-0.2, 0) is 6.54 Å². The average Bonchev–Trinajstić information content (AvgIpc) is 2.16. The van der Waals surface area contributed by atoms with Gasteiger partial charge < -0.3 is 11.5 Å².